The summed E-state index contributed by atoms with van der Waals surface area (Å²) >= 11 is 0. The third kappa shape index (κ3) is 2.99. The van der Waals surface area contributed by atoms with Crippen LogP contribution in [0.25, 0.3) is 0 Å². The van der Waals surface area contributed by atoms with E-state index >= 15 is 0 Å². The number of nitrogens with one attached hydrogen (secondary N) is 1. The van der Waals surface area contributed by atoms with E-state index in [1.807, 2.05) is 13.8 Å². The highest BCUT2D eigenvalue weighted by Gasteiger charge is 2.38. The number of amides is 1. The van der Waals surface area contributed by atoms with E-state index in [2.05, 4.69) is 12.2 Å². The van der Waals surface area contributed by atoms with Crippen molar-refractivity contribution in [2.75, 3.05) is 6.54 Å². The van der Waals surface area contributed by atoms with E-state index in [1.54, 1.807) is 0 Å². The van der Waals surface area contributed by atoms with Gasteiger partial charge in [0.25, 0.3) is 0 Å². The third-order valence-electron chi connectivity index (χ3n) is 2.70. The first-order chi connectivity index (χ1) is 6.02. The molecule has 2 N–H and O–H groups in total. The summed E-state index contributed by atoms with van der Waals surface area (Å²) in [4.78, 5) is 11.3. The second kappa shape index (κ2) is 4.09. The molecule has 0 heterocycles. The van der Waals surface area contributed by atoms with E-state index in [-0.39, 0.29) is 17.7 Å². The highest BCUT2D eigenvalue weighted by Crippen LogP contribution is 2.37. The zero-order valence-electron chi connectivity index (χ0n) is 8.58. The molecule has 0 aromatic rings. The van der Waals surface area contributed by atoms with Gasteiger partial charge in [-0.15, -0.1) is 0 Å². The molecule has 0 bridgehead atoms. The molecule has 0 aromatic carbocycles. The van der Waals surface area contributed by atoms with Gasteiger partial charge in [-0.05, 0) is 18.3 Å². The lowest BCUT2D eigenvalue weighted by Gasteiger charge is -2.14. The SMILES string of the molecule is CC(C)C(O)CNC(=O)C1CC1C. The summed E-state index contributed by atoms with van der Waals surface area (Å²) in [6.45, 7) is 6.34. The van der Waals surface area contributed by atoms with Gasteiger partial charge in [0, 0.05) is 12.5 Å². The molecule has 3 unspecified atom stereocenters. The summed E-state index contributed by atoms with van der Waals surface area (Å²) < 4.78 is 0. The Hall–Kier alpha value is -0.570. The summed E-state index contributed by atoms with van der Waals surface area (Å²) in [5.74, 6) is 1.06. The van der Waals surface area contributed by atoms with Crippen LogP contribution in [0.4, 0.5) is 0 Å². The van der Waals surface area contributed by atoms with Gasteiger partial charge >= 0.3 is 0 Å². The largest absolute Gasteiger partial charge is 0.391 e. The maximum Gasteiger partial charge on any atom is 0.223 e. The third-order valence-corrected chi connectivity index (χ3v) is 2.70. The lowest BCUT2D eigenvalue weighted by Crippen LogP contribution is -2.35. The van der Waals surface area contributed by atoms with Gasteiger partial charge in [0.15, 0.2) is 0 Å². The van der Waals surface area contributed by atoms with Crippen molar-refractivity contribution >= 4 is 5.91 Å². The molecule has 13 heavy (non-hydrogen) atoms. The molecule has 3 nitrogen and oxygen atoms in total. The molecule has 0 aliphatic heterocycles. The smallest absolute Gasteiger partial charge is 0.223 e. The van der Waals surface area contributed by atoms with Gasteiger partial charge in [0.05, 0.1) is 6.10 Å². The first-order valence-corrected chi connectivity index (χ1v) is 4.98. The summed E-state index contributed by atoms with van der Waals surface area (Å²) in [7, 11) is 0. The van der Waals surface area contributed by atoms with Gasteiger partial charge in [0.1, 0.15) is 0 Å². The quantitative estimate of drug-likeness (QED) is 0.680. The van der Waals surface area contributed by atoms with E-state index in [4.69, 9.17) is 0 Å². The van der Waals surface area contributed by atoms with Crippen molar-refractivity contribution in [1.82, 2.24) is 5.32 Å². The van der Waals surface area contributed by atoms with Crippen LogP contribution in [0.5, 0.6) is 0 Å². The minimum atomic E-state index is -0.419. The number of hydrogen-bond donors (Lipinski definition) is 2. The molecule has 76 valence electrons. The number of aliphatic hydroxyl groups excluding tert-OH is 1. The maximum absolute atomic E-state index is 11.3. The van der Waals surface area contributed by atoms with Gasteiger partial charge in [-0.2, -0.15) is 0 Å². The molecule has 1 rings (SSSR count). The van der Waals surface area contributed by atoms with Crippen molar-refractivity contribution in [2.24, 2.45) is 17.8 Å². The Labute approximate surface area is 79.5 Å². The predicted molar refractivity (Wildman–Crippen MR) is 51.1 cm³/mol. The van der Waals surface area contributed by atoms with E-state index in [9.17, 15) is 9.90 Å². The Bertz CT molecular complexity index is 191. The van der Waals surface area contributed by atoms with Crippen LogP contribution in [-0.4, -0.2) is 23.7 Å². The first kappa shape index (κ1) is 10.5. The van der Waals surface area contributed by atoms with E-state index < -0.39 is 6.10 Å². The molecule has 1 amide bonds. The second-order valence-corrected chi connectivity index (χ2v) is 4.38. The lowest BCUT2D eigenvalue weighted by atomic mass is 10.1. The van der Waals surface area contributed by atoms with Gasteiger partial charge in [-0.3, -0.25) is 4.79 Å². The lowest BCUT2D eigenvalue weighted by molar-refractivity contribution is -0.123. The Balaban J connectivity index is 2.15. The average Bonchev–Trinajstić information content (AvgIpc) is 2.77. The fourth-order valence-corrected chi connectivity index (χ4v) is 1.26. The van der Waals surface area contributed by atoms with E-state index in [1.165, 1.54) is 0 Å². The van der Waals surface area contributed by atoms with Gasteiger partial charge in [0.2, 0.25) is 5.91 Å². The maximum atomic E-state index is 11.3. The van der Waals surface area contributed by atoms with Crippen molar-refractivity contribution in [1.29, 1.82) is 0 Å². The van der Waals surface area contributed by atoms with Gasteiger partial charge < -0.3 is 10.4 Å². The Morgan fingerprint density at radius 2 is 2.15 bits per heavy atom. The summed E-state index contributed by atoms with van der Waals surface area (Å²) in [6, 6.07) is 0. The van der Waals surface area contributed by atoms with Gasteiger partial charge in [-0.1, -0.05) is 20.8 Å². The fraction of sp³-hybridized carbons (Fsp3) is 0.900. The summed E-state index contributed by atoms with van der Waals surface area (Å²) in [5.41, 5.74) is 0. The Morgan fingerprint density at radius 3 is 2.54 bits per heavy atom. The van der Waals surface area contributed by atoms with Crippen molar-refractivity contribution in [3.8, 4) is 0 Å². The van der Waals surface area contributed by atoms with Crippen LogP contribution in [0.2, 0.25) is 0 Å². The Morgan fingerprint density at radius 1 is 1.62 bits per heavy atom. The molecular weight excluding hydrogens is 166 g/mol. The van der Waals surface area contributed by atoms with Crippen LogP contribution in [0.1, 0.15) is 27.2 Å². The monoisotopic (exact) mass is 185 g/mol. The number of hydrogen-bond acceptors (Lipinski definition) is 2. The Kier molecular flexibility index (Phi) is 3.31. The molecule has 1 aliphatic carbocycles. The van der Waals surface area contributed by atoms with E-state index in [0.717, 1.165) is 6.42 Å². The average molecular weight is 185 g/mol. The van der Waals surface area contributed by atoms with Crippen LogP contribution >= 0.6 is 0 Å². The van der Waals surface area contributed by atoms with Crippen molar-refractivity contribution < 1.29 is 9.90 Å². The molecular formula is C10H19NO2. The van der Waals surface area contributed by atoms with Crippen molar-refractivity contribution in [3.63, 3.8) is 0 Å². The second-order valence-electron chi connectivity index (χ2n) is 4.38. The number of rotatable bonds is 4. The number of aliphatic hydroxyl groups is 1. The topological polar surface area (TPSA) is 49.3 Å². The highest BCUT2D eigenvalue weighted by atomic mass is 16.3. The zero-order chi connectivity index (χ0) is 10.0. The highest BCUT2D eigenvalue weighted by molar-refractivity contribution is 5.81. The predicted octanol–water partition coefficient (Wildman–Crippen LogP) is 0.775. The normalized spacial score (nSPS) is 28.7. The van der Waals surface area contributed by atoms with Gasteiger partial charge in [-0.25, -0.2) is 0 Å². The molecule has 1 aliphatic rings. The fourth-order valence-electron chi connectivity index (χ4n) is 1.26. The van der Waals surface area contributed by atoms with Crippen molar-refractivity contribution in [2.45, 2.75) is 33.3 Å². The van der Waals surface area contributed by atoms with Crippen LogP contribution in [0, 0.1) is 17.8 Å². The molecule has 3 heteroatoms. The van der Waals surface area contributed by atoms with Crippen LogP contribution in [0.3, 0.4) is 0 Å². The molecule has 1 fully saturated rings. The minimum absolute atomic E-state index is 0.104. The van der Waals surface area contributed by atoms with E-state index in [0.29, 0.717) is 12.5 Å². The molecule has 0 saturated heterocycles. The number of carbonyl (C=O) groups is 1. The van der Waals surface area contributed by atoms with Crippen LogP contribution in [0.15, 0.2) is 0 Å². The van der Waals surface area contributed by atoms with Crippen LogP contribution in [-0.2, 0) is 4.79 Å². The summed E-state index contributed by atoms with van der Waals surface area (Å²) in [5, 5.41) is 12.2. The molecule has 1 saturated carbocycles. The zero-order valence-corrected chi connectivity index (χ0v) is 8.58. The molecule has 0 aromatic heterocycles. The van der Waals surface area contributed by atoms with Crippen LogP contribution < -0.4 is 5.32 Å². The minimum Gasteiger partial charge on any atom is -0.391 e. The molecule has 0 radical (unpaired) electrons. The first-order valence-electron chi connectivity index (χ1n) is 4.98. The molecule has 3 atom stereocenters. The standard InChI is InChI=1S/C10H19NO2/c1-6(2)9(12)5-11-10(13)8-4-7(8)3/h6-9,12H,4-5H2,1-3H3,(H,11,13). The number of carbonyl (C=O) groups excluding carboxylic acids is 1. The van der Waals surface area contributed by atoms with Crippen molar-refractivity contribution in [3.05, 3.63) is 0 Å². The molecule has 0 spiro atoms. The summed E-state index contributed by atoms with van der Waals surface area (Å²) in [6.07, 6.45) is 0.585.